The van der Waals surface area contributed by atoms with E-state index in [1.165, 1.54) is 29.2 Å². The fourth-order valence-corrected chi connectivity index (χ4v) is 6.67. The first-order chi connectivity index (χ1) is 21.6. The molecule has 1 N–H and O–H groups in total. The van der Waals surface area contributed by atoms with Crippen LogP contribution in [0.2, 0.25) is 10.0 Å². The normalized spacial score (nSPS) is 11.9. The number of carbonyl (C=O) groups is 2. The first kappa shape index (κ1) is 34.0. The van der Waals surface area contributed by atoms with Gasteiger partial charge in [0.2, 0.25) is 11.8 Å². The Hall–Kier alpha value is -3.85. The Morgan fingerprint density at radius 1 is 0.800 bits per heavy atom. The van der Waals surface area contributed by atoms with Crippen molar-refractivity contribution in [2.24, 2.45) is 0 Å². The molecule has 0 fully saturated rings. The molecule has 0 heterocycles. The van der Waals surface area contributed by atoms with E-state index in [1.54, 1.807) is 55.5 Å². The molecule has 0 saturated carbocycles. The van der Waals surface area contributed by atoms with Crippen molar-refractivity contribution in [2.45, 2.75) is 50.6 Å². The molecule has 45 heavy (non-hydrogen) atoms. The van der Waals surface area contributed by atoms with Gasteiger partial charge in [-0.05, 0) is 72.5 Å². The summed E-state index contributed by atoms with van der Waals surface area (Å²) in [5, 5.41) is 3.92. The zero-order valence-corrected chi connectivity index (χ0v) is 27.7. The lowest BCUT2D eigenvalue weighted by Crippen LogP contribution is -2.53. The summed E-state index contributed by atoms with van der Waals surface area (Å²) in [4.78, 5) is 29.8. The van der Waals surface area contributed by atoms with Crippen molar-refractivity contribution in [3.63, 3.8) is 0 Å². The third kappa shape index (κ3) is 9.10. The van der Waals surface area contributed by atoms with Gasteiger partial charge in [0.05, 0.1) is 10.6 Å². The zero-order chi connectivity index (χ0) is 32.4. The van der Waals surface area contributed by atoms with Crippen LogP contribution in [0, 0.1) is 6.92 Å². The van der Waals surface area contributed by atoms with E-state index in [-0.39, 0.29) is 23.8 Å². The highest BCUT2D eigenvalue weighted by Gasteiger charge is 2.35. The van der Waals surface area contributed by atoms with Crippen molar-refractivity contribution in [2.75, 3.05) is 17.4 Å². The predicted molar refractivity (Wildman–Crippen MR) is 181 cm³/mol. The molecule has 2 amide bonds. The quantitative estimate of drug-likeness (QED) is 0.146. The summed E-state index contributed by atoms with van der Waals surface area (Å²) >= 11 is 12.2. The predicted octanol–water partition coefficient (Wildman–Crippen LogP) is 7.05. The van der Waals surface area contributed by atoms with E-state index in [4.69, 9.17) is 23.2 Å². The summed E-state index contributed by atoms with van der Waals surface area (Å²) in [6.07, 6.45) is 1.92. The number of aryl methyl sites for hydroxylation is 1. The number of sulfonamides is 1. The van der Waals surface area contributed by atoms with Crippen molar-refractivity contribution >= 4 is 50.7 Å². The Bertz CT molecular complexity index is 1680. The number of benzene rings is 4. The third-order valence-corrected chi connectivity index (χ3v) is 9.71. The Labute approximate surface area is 275 Å². The molecule has 4 aromatic carbocycles. The molecule has 7 nitrogen and oxygen atoms in total. The van der Waals surface area contributed by atoms with Crippen LogP contribution in [0.3, 0.4) is 0 Å². The molecule has 0 saturated heterocycles. The molecule has 0 aromatic heterocycles. The van der Waals surface area contributed by atoms with Gasteiger partial charge in [0.25, 0.3) is 10.0 Å². The van der Waals surface area contributed by atoms with Crippen molar-refractivity contribution in [1.29, 1.82) is 0 Å². The summed E-state index contributed by atoms with van der Waals surface area (Å²) < 4.78 is 29.4. The second kappa shape index (κ2) is 15.9. The van der Waals surface area contributed by atoms with Crippen LogP contribution in [0.25, 0.3) is 0 Å². The molecular formula is C35H37Cl2N3O4S. The first-order valence-corrected chi connectivity index (χ1v) is 17.0. The van der Waals surface area contributed by atoms with Gasteiger partial charge < -0.3 is 10.2 Å². The SMILES string of the molecule is CCCCNC(=O)[C@@H](Cc1ccccc1)N(Cc1ccc(Cl)cc1)C(=O)CN(c1ccccc1C)S(=O)(=O)c1ccc(Cl)cc1. The molecule has 1 atom stereocenters. The molecule has 0 bridgehead atoms. The number of hydrogen-bond acceptors (Lipinski definition) is 4. The summed E-state index contributed by atoms with van der Waals surface area (Å²) in [5.41, 5.74) is 2.64. The summed E-state index contributed by atoms with van der Waals surface area (Å²) in [6, 6.07) is 28.4. The Kier molecular flexibility index (Phi) is 12.0. The lowest BCUT2D eigenvalue weighted by molar-refractivity contribution is -0.140. The van der Waals surface area contributed by atoms with Gasteiger partial charge >= 0.3 is 0 Å². The number of para-hydroxylation sites is 1. The van der Waals surface area contributed by atoms with E-state index < -0.39 is 28.5 Å². The number of nitrogens with zero attached hydrogens (tertiary/aromatic N) is 2. The molecular weight excluding hydrogens is 629 g/mol. The van der Waals surface area contributed by atoms with Gasteiger partial charge in [-0.2, -0.15) is 0 Å². The largest absolute Gasteiger partial charge is 0.354 e. The van der Waals surface area contributed by atoms with Crippen molar-refractivity contribution < 1.29 is 18.0 Å². The van der Waals surface area contributed by atoms with Crippen molar-refractivity contribution in [1.82, 2.24) is 10.2 Å². The monoisotopic (exact) mass is 665 g/mol. The minimum Gasteiger partial charge on any atom is -0.354 e. The number of hydrogen-bond donors (Lipinski definition) is 1. The lowest BCUT2D eigenvalue weighted by atomic mass is 10.0. The molecule has 10 heteroatoms. The Morgan fingerprint density at radius 2 is 1.40 bits per heavy atom. The number of anilines is 1. The van der Waals surface area contributed by atoms with Crippen LogP contribution in [0.15, 0.2) is 108 Å². The smallest absolute Gasteiger partial charge is 0.264 e. The van der Waals surface area contributed by atoms with Gasteiger partial charge in [-0.15, -0.1) is 0 Å². The molecule has 0 radical (unpaired) electrons. The topological polar surface area (TPSA) is 86.8 Å². The van der Waals surface area contributed by atoms with Gasteiger partial charge in [-0.25, -0.2) is 8.42 Å². The minimum absolute atomic E-state index is 0.00894. The maximum atomic E-state index is 14.5. The van der Waals surface area contributed by atoms with Gasteiger partial charge in [0.1, 0.15) is 12.6 Å². The van der Waals surface area contributed by atoms with E-state index in [0.29, 0.717) is 27.8 Å². The third-order valence-electron chi connectivity index (χ3n) is 7.43. The zero-order valence-electron chi connectivity index (χ0n) is 25.3. The van der Waals surface area contributed by atoms with Gasteiger partial charge in [-0.3, -0.25) is 13.9 Å². The van der Waals surface area contributed by atoms with Crippen LogP contribution in [0.5, 0.6) is 0 Å². The average molecular weight is 667 g/mol. The maximum absolute atomic E-state index is 14.5. The molecule has 0 spiro atoms. The maximum Gasteiger partial charge on any atom is 0.264 e. The highest BCUT2D eigenvalue weighted by atomic mass is 35.5. The molecule has 0 unspecified atom stereocenters. The Morgan fingerprint density at radius 3 is 2.02 bits per heavy atom. The van der Waals surface area contributed by atoms with Crippen molar-refractivity contribution in [3.8, 4) is 0 Å². The van der Waals surface area contributed by atoms with Crippen LogP contribution in [-0.4, -0.2) is 44.3 Å². The van der Waals surface area contributed by atoms with Crippen molar-refractivity contribution in [3.05, 3.63) is 130 Å². The van der Waals surface area contributed by atoms with Crippen LogP contribution < -0.4 is 9.62 Å². The highest BCUT2D eigenvalue weighted by Crippen LogP contribution is 2.28. The summed E-state index contributed by atoms with van der Waals surface area (Å²) in [7, 11) is -4.21. The van der Waals surface area contributed by atoms with Gasteiger partial charge in [-0.1, -0.05) is 97.2 Å². The van der Waals surface area contributed by atoms with Crippen LogP contribution in [0.4, 0.5) is 5.69 Å². The van der Waals surface area contributed by atoms with Gasteiger partial charge in [0, 0.05) is 29.6 Å². The van der Waals surface area contributed by atoms with Crippen LogP contribution >= 0.6 is 23.2 Å². The van der Waals surface area contributed by atoms with E-state index in [1.807, 2.05) is 37.3 Å². The molecule has 0 aliphatic heterocycles. The molecule has 4 rings (SSSR count). The number of rotatable bonds is 14. The number of nitrogens with one attached hydrogen (secondary N) is 1. The molecule has 0 aliphatic carbocycles. The number of halogens is 2. The summed E-state index contributed by atoms with van der Waals surface area (Å²) in [5.74, 6) is -0.838. The minimum atomic E-state index is -4.21. The Balaban J connectivity index is 1.79. The number of unbranched alkanes of at least 4 members (excludes halogenated alkanes) is 1. The van der Waals surface area contributed by atoms with Gasteiger partial charge in [0.15, 0.2) is 0 Å². The average Bonchev–Trinajstić information content (AvgIpc) is 3.03. The highest BCUT2D eigenvalue weighted by molar-refractivity contribution is 7.92. The van der Waals surface area contributed by atoms with E-state index in [2.05, 4.69) is 5.32 Å². The number of amides is 2. The lowest BCUT2D eigenvalue weighted by Gasteiger charge is -2.34. The van der Waals surface area contributed by atoms with Crippen LogP contribution in [0.1, 0.15) is 36.5 Å². The fourth-order valence-electron chi connectivity index (χ4n) is 4.94. The first-order valence-electron chi connectivity index (χ1n) is 14.8. The van der Waals surface area contributed by atoms with E-state index in [0.717, 1.165) is 28.3 Å². The molecule has 236 valence electrons. The van der Waals surface area contributed by atoms with E-state index >= 15 is 0 Å². The fraction of sp³-hybridized carbons (Fsp3) is 0.257. The van der Waals surface area contributed by atoms with E-state index in [9.17, 15) is 18.0 Å². The second-order valence-electron chi connectivity index (χ2n) is 10.8. The number of carbonyl (C=O) groups excluding carboxylic acids is 2. The summed E-state index contributed by atoms with van der Waals surface area (Å²) in [6.45, 7) is 3.82. The van der Waals surface area contributed by atoms with Crippen LogP contribution in [-0.2, 0) is 32.6 Å². The molecule has 4 aromatic rings. The molecule has 0 aliphatic rings. The second-order valence-corrected chi connectivity index (χ2v) is 13.5. The standard InChI is InChI=1S/C35H37Cl2N3O4S/c1-3-4-22-38-35(42)33(23-27-11-6-5-7-12-27)39(24-28-14-16-29(36)17-15-28)34(41)25-40(32-13-9-8-10-26(32)2)45(43,44)31-20-18-30(37)19-21-31/h5-21,33H,3-4,22-25H2,1-2H3,(H,38,42)/t33-/m1/s1.